The second kappa shape index (κ2) is 6.25. The van der Waals surface area contributed by atoms with Gasteiger partial charge in [-0.2, -0.15) is 0 Å². The van der Waals surface area contributed by atoms with Gasteiger partial charge in [-0.1, -0.05) is 17.8 Å². The molecule has 0 aliphatic carbocycles. The fraction of sp³-hybridized carbons (Fsp3) is 0.462. The Hall–Kier alpha value is -1.39. The smallest absolute Gasteiger partial charge is 0.230 e. The van der Waals surface area contributed by atoms with Gasteiger partial charge in [-0.25, -0.2) is 13.4 Å². The van der Waals surface area contributed by atoms with E-state index in [4.69, 9.17) is 0 Å². The van der Waals surface area contributed by atoms with Crippen LogP contribution < -0.4 is 5.32 Å². The van der Waals surface area contributed by atoms with Crippen molar-refractivity contribution in [2.75, 3.05) is 17.3 Å². The van der Waals surface area contributed by atoms with Gasteiger partial charge < -0.3 is 5.32 Å². The SMILES string of the molecule is C[C@@]1(NC(=O)CSc2n[nH]c(-c3cccs3)n2)CCS(=O)(=O)C1. The van der Waals surface area contributed by atoms with Gasteiger partial charge in [-0.15, -0.1) is 16.4 Å². The van der Waals surface area contributed by atoms with E-state index in [2.05, 4.69) is 20.5 Å². The van der Waals surface area contributed by atoms with E-state index in [1.54, 1.807) is 18.3 Å². The molecule has 3 heterocycles. The zero-order valence-corrected chi connectivity index (χ0v) is 14.9. The number of aromatic amines is 1. The minimum absolute atomic E-state index is 0.000409. The van der Waals surface area contributed by atoms with Crippen LogP contribution >= 0.6 is 23.1 Å². The maximum absolute atomic E-state index is 12.0. The van der Waals surface area contributed by atoms with E-state index in [-0.39, 0.29) is 23.2 Å². The third-order valence-corrected chi connectivity index (χ3v) is 7.12. The van der Waals surface area contributed by atoms with Gasteiger partial charge in [0.15, 0.2) is 15.7 Å². The molecule has 0 bridgehead atoms. The highest BCUT2D eigenvalue weighted by Crippen LogP contribution is 2.25. The second-order valence-corrected chi connectivity index (χ2v) is 9.76. The van der Waals surface area contributed by atoms with Crippen molar-refractivity contribution in [1.29, 1.82) is 0 Å². The number of nitrogens with one attached hydrogen (secondary N) is 2. The Morgan fingerprint density at radius 3 is 3.04 bits per heavy atom. The number of nitrogens with zero attached hydrogens (tertiary/aromatic N) is 2. The number of hydrogen-bond donors (Lipinski definition) is 2. The van der Waals surface area contributed by atoms with Gasteiger partial charge in [0.25, 0.3) is 0 Å². The number of carbonyl (C=O) groups is 1. The number of H-pyrrole nitrogens is 1. The van der Waals surface area contributed by atoms with Crippen LogP contribution in [0.15, 0.2) is 22.7 Å². The van der Waals surface area contributed by atoms with Gasteiger partial charge in [0.05, 0.1) is 27.7 Å². The molecule has 0 radical (unpaired) electrons. The number of sulfone groups is 1. The Morgan fingerprint density at radius 1 is 1.57 bits per heavy atom. The zero-order valence-electron chi connectivity index (χ0n) is 12.4. The number of thioether (sulfide) groups is 1. The van der Waals surface area contributed by atoms with E-state index in [9.17, 15) is 13.2 Å². The van der Waals surface area contributed by atoms with Crippen molar-refractivity contribution in [2.45, 2.75) is 24.0 Å². The molecule has 3 rings (SSSR count). The molecule has 2 aromatic rings. The van der Waals surface area contributed by atoms with Gasteiger partial charge in [0.1, 0.15) is 0 Å². The van der Waals surface area contributed by atoms with Crippen LogP contribution in [0.1, 0.15) is 13.3 Å². The molecule has 0 aromatic carbocycles. The molecule has 124 valence electrons. The molecule has 1 saturated heterocycles. The summed E-state index contributed by atoms with van der Waals surface area (Å²) in [5.74, 6) is 0.743. The summed E-state index contributed by atoms with van der Waals surface area (Å²) in [5.41, 5.74) is -0.669. The standard InChI is InChI=1S/C13H16N4O3S3/c1-13(4-6-23(19,20)8-13)15-10(18)7-22-12-14-11(16-17-12)9-3-2-5-21-9/h2-3,5H,4,6-8H2,1H3,(H,15,18)(H,14,16,17)/t13-/m1/s1. The molecule has 23 heavy (non-hydrogen) atoms. The molecular formula is C13H16N4O3S3. The minimum atomic E-state index is -3.04. The summed E-state index contributed by atoms with van der Waals surface area (Å²) in [6.45, 7) is 1.77. The Bertz CT molecular complexity index is 800. The van der Waals surface area contributed by atoms with Crippen molar-refractivity contribution in [1.82, 2.24) is 20.5 Å². The highest BCUT2D eigenvalue weighted by atomic mass is 32.2. The van der Waals surface area contributed by atoms with Crippen LogP contribution in [-0.4, -0.2) is 52.3 Å². The molecule has 1 aliphatic heterocycles. The Labute approximate surface area is 142 Å². The molecule has 1 amide bonds. The second-order valence-electron chi connectivity index (χ2n) is 5.68. The normalized spacial score (nSPS) is 23.0. The average Bonchev–Trinajstić information content (AvgIpc) is 3.17. The first-order valence-electron chi connectivity index (χ1n) is 6.96. The first-order valence-corrected chi connectivity index (χ1v) is 10.6. The van der Waals surface area contributed by atoms with Gasteiger partial charge in [-0.3, -0.25) is 9.89 Å². The molecule has 0 saturated carbocycles. The molecule has 10 heteroatoms. The van der Waals surface area contributed by atoms with Crippen molar-refractivity contribution in [2.24, 2.45) is 0 Å². The quantitative estimate of drug-likeness (QED) is 0.767. The molecular weight excluding hydrogens is 356 g/mol. The Kier molecular flexibility index (Phi) is 4.47. The number of rotatable bonds is 5. The fourth-order valence-corrected chi connectivity index (χ4v) is 5.80. The van der Waals surface area contributed by atoms with E-state index in [0.29, 0.717) is 17.4 Å². The Morgan fingerprint density at radius 2 is 2.39 bits per heavy atom. The summed E-state index contributed by atoms with van der Waals surface area (Å²) in [6.07, 6.45) is 0.453. The summed E-state index contributed by atoms with van der Waals surface area (Å²) >= 11 is 2.77. The number of hydrogen-bond acceptors (Lipinski definition) is 7. The number of amides is 1. The molecule has 1 fully saturated rings. The summed E-state index contributed by atoms with van der Waals surface area (Å²) in [5, 5.41) is 12.2. The van der Waals surface area contributed by atoms with Gasteiger partial charge in [-0.05, 0) is 24.8 Å². The van der Waals surface area contributed by atoms with Crippen molar-refractivity contribution >= 4 is 38.8 Å². The van der Waals surface area contributed by atoms with Crippen molar-refractivity contribution in [3.8, 4) is 10.7 Å². The van der Waals surface area contributed by atoms with Crippen LogP contribution in [0.25, 0.3) is 10.7 Å². The number of carbonyl (C=O) groups excluding carboxylic acids is 1. The zero-order chi connectivity index (χ0) is 16.5. The predicted octanol–water partition coefficient (Wildman–Crippen LogP) is 1.32. The Balaban J connectivity index is 1.54. The lowest BCUT2D eigenvalue weighted by Crippen LogP contribution is -2.47. The number of thiophene rings is 1. The monoisotopic (exact) mass is 372 g/mol. The summed E-state index contributed by atoms with van der Waals surface area (Å²) in [7, 11) is -3.04. The summed E-state index contributed by atoms with van der Waals surface area (Å²) in [4.78, 5) is 17.3. The molecule has 0 spiro atoms. The largest absolute Gasteiger partial charge is 0.349 e. The van der Waals surface area contributed by atoms with Crippen LogP contribution in [0.2, 0.25) is 0 Å². The topological polar surface area (TPSA) is 105 Å². The van der Waals surface area contributed by atoms with Crippen LogP contribution in [0.5, 0.6) is 0 Å². The lowest BCUT2D eigenvalue weighted by molar-refractivity contribution is -0.120. The van der Waals surface area contributed by atoms with Gasteiger partial charge in [0.2, 0.25) is 11.1 Å². The molecule has 0 unspecified atom stereocenters. The molecule has 1 aliphatic rings. The van der Waals surface area contributed by atoms with E-state index in [1.165, 1.54) is 11.8 Å². The number of aromatic nitrogens is 3. The maximum Gasteiger partial charge on any atom is 0.230 e. The summed E-state index contributed by atoms with van der Waals surface area (Å²) < 4.78 is 23.1. The van der Waals surface area contributed by atoms with Crippen LogP contribution in [-0.2, 0) is 14.6 Å². The third kappa shape index (κ3) is 4.12. The summed E-state index contributed by atoms with van der Waals surface area (Å²) in [6, 6.07) is 3.87. The van der Waals surface area contributed by atoms with E-state index in [0.717, 1.165) is 4.88 Å². The minimum Gasteiger partial charge on any atom is -0.349 e. The highest BCUT2D eigenvalue weighted by Gasteiger charge is 2.39. The average molecular weight is 372 g/mol. The molecule has 1 atom stereocenters. The third-order valence-electron chi connectivity index (χ3n) is 3.50. The molecule has 7 nitrogen and oxygen atoms in total. The molecule has 2 aromatic heterocycles. The van der Waals surface area contributed by atoms with Crippen molar-refractivity contribution in [3.63, 3.8) is 0 Å². The van der Waals surface area contributed by atoms with Gasteiger partial charge in [0, 0.05) is 0 Å². The maximum atomic E-state index is 12.0. The van der Waals surface area contributed by atoms with Crippen LogP contribution in [0.3, 0.4) is 0 Å². The van der Waals surface area contributed by atoms with Gasteiger partial charge >= 0.3 is 0 Å². The van der Waals surface area contributed by atoms with E-state index < -0.39 is 15.4 Å². The van der Waals surface area contributed by atoms with Crippen molar-refractivity contribution in [3.05, 3.63) is 17.5 Å². The van der Waals surface area contributed by atoms with E-state index >= 15 is 0 Å². The van der Waals surface area contributed by atoms with Crippen molar-refractivity contribution < 1.29 is 13.2 Å². The lowest BCUT2D eigenvalue weighted by atomic mass is 10.0. The van der Waals surface area contributed by atoms with Crippen LogP contribution in [0.4, 0.5) is 0 Å². The fourth-order valence-electron chi connectivity index (χ4n) is 2.45. The molecule has 2 N–H and O–H groups in total. The first kappa shape index (κ1) is 16.5. The van der Waals surface area contributed by atoms with E-state index in [1.807, 2.05) is 17.5 Å². The predicted molar refractivity (Wildman–Crippen MR) is 90.2 cm³/mol. The first-order chi connectivity index (χ1) is 10.9. The van der Waals surface area contributed by atoms with Crippen LogP contribution in [0, 0.1) is 0 Å². The highest BCUT2D eigenvalue weighted by molar-refractivity contribution is 7.99. The lowest BCUT2D eigenvalue weighted by Gasteiger charge is -2.23.